The lowest BCUT2D eigenvalue weighted by molar-refractivity contribution is 0.0953. The van der Waals surface area contributed by atoms with Crippen molar-refractivity contribution < 1.29 is 9.21 Å². The van der Waals surface area contributed by atoms with Gasteiger partial charge in [0.15, 0.2) is 0 Å². The van der Waals surface area contributed by atoms with Crippen molar-refractivity contribution in [2.75, 3.05) is 27.2 Å². The van der Waals surface area contributed by atoms with Crippen LogP contribution < -0.4 is 11.3 Å². The van der Waals surface area contributed by atoms with Gasteiger partial charge in [0.05, 0.1) is 12.1 Å². The highest BCUT2D eigenvalue weighted by atomic mass is 16.3. The van der Waals surface area contributed by atoms with Crippen LogP contribution in [-0.4, -0.2) is 48.9 Å². The van der Waals surface area contributed by atoms with Gasteiger partial charge < -0.3 is 9.32 Å². The Balaban J connectivity index is 1.86. The lowest BCUT2D eigenvalue weighted by Gasteiger charge is -2.25. The fraction of sp³-hybridized carbons (Fsp3) is 0.615. The van der Waals surface area contributed by atoms with Gasteiger partial charge >= 0.3 is 0 Å². The quantitative estimate of drug-likeness (QED) is 0.459. The first kappa shape index (κ1) is 14.0. The fourth-order valence-electron chi connectivity index (χ4n) is 2.57. The van der Waals surface area contributed by atoms with Crippen LogP contribution in [0.15, 0.2) is 16.7 Å². The number of carbonyl (C=O) groups is 1. The number of furan rings is 1. The maximum Gasteiger partial charge on any atom is 0.268 e. The third-order valence-corrected chi connectivity index (χ3v) is 3.67. The molecule has 1 aliphatic rings. The van der Waals surface area contributed by atoms with Gasteiger partial charge in [0.2, 0.25) is 0 Å². The molecule has 1 aromatic heterocycles. The van der Waals surface area contributed by atoms with Crippen molar-refractivity contribution >= 4 is 5.91 Å². The van der Waals surface area contributed by atoms with Gasteiger partial charge in [0.25, 0.3) is 5.91 Å². The number of likely N-dealkylation sites (tertiary alicyclic amines) is 1. The Morgan fingerprint density at radius 2 is 2.47 bits per heavy atom. The van der Waals surface area contributed by atoms with Crippen molar-refractivity contribution in [1.82, 2.24) is 15.2 Å². The summed E-state index contributed by atoms with van der Waals surface area (Å²) in [5.74, 6) is 5.54. The average Bonchev–Trinajstić information content (AvgIpc) is 2.99. The molecule has 2 heterocycles. The fourth-order valence-corrected chi connectivity index (χ4v) is 2.57. The van der Waals surface area contributed by atoms with Gasteiger partial charge in [0.1, 0.15) is 12.0 Å². The third kappa shape index (κ3) is 3.56. The van der Waals surface area contributed by atoms with Gasteiger partial charge in [-0.2, -0.15) is 0 Å². The second-order valence-corrected chi connectivity index (χ2v) is 5.25. The first-order valence-electron chi connectivity index (χ1n) is 6.57. The predicted molar refractivity (Wildman–Crippen MR) is 72.3 cm³/mol. The van der Waals surface area contributed by atoms with Crippen LogP contribution in [0.2, 0.25) is 0 Å². The minimum Gasteiger partial charge on any atom is -0.467 e. The number of nitrogens with zero attached hydrogens (tertiary/aromatic N) is 2. The number of likely N-dealkylation sites (N-methyl/N-ethyl adjacent to an activating group) is 2. The molecule has 19 heavy (non-hydrogen) atoms. The van der Waals surface area contributed by atoms with E-state index in [9.17, 15) is 4.79 Å². The summed E-state index contributed by atoms with van der Waals surface area (Å²) < 4.78 is 5.38. The largest absolute Gasteiger partial charge is 0.467 e. The highest BCUT2D eigenvalue weighted by Gasteiger charge is 2.22. The van der Waals surface area contributed by atoms with Crippen molar-refractivity contribution in [2.24, 2.45) is 5.84 Å². The standard InChI is InChI=1S/C13H22N4O2/c1-16(7-11-4-3-5-17(11)2)8-12-6-10(9-19-12)13(18)15-14/h6,9,11H,3-5,7-8,14H2,1-2H3,(H,15,18). The molecule has 1 amide bonds. The van der Waals surface area contributed by atoms with Crippen molar-refractivity contribution in [3.05, 3.63) is 23.7 Å². The summed E-state index contributed by atoms with van der Waals surface area (Å²) in [6.07, 6.45) is 3.96. The Morgan fingerprint density at radius 1 is 1.68 bits per heavy atom. The van der Waals surface area contributed by atoms with Crippen LogP contribution in [0.5, 0.6) is 0 Å². The number of hydrogen-bond acceptors (Lipinski definition) is 5. The van der Waals surface area contributed by atoms with E-state index >= 15 is 0 Å². The van der Waals surface area contributed by atoms with E-state index in [1.165, 1.54) is 25.6 Å². The highest BCUT2D eigenvalue weighted by Crippen LogP contribution is 2.17. The topological polar surface area (TPSA) is 74.7 Å². The number of carbonyl (C=O) groups excluding carboxylic acids is 1. The molecule has 0 bridgehead atoms. The molecule has 2 rings (SSSR count). The Bertz CT molecular complexity index is 432. The Kier molecular flexibility index (Phi) is 4.57. The molecule has 1 aromatic rings. The van der Waals surface area contributed by atoms with E-state index in [2.05, 4.69) is 29.3 Å². The zero-order valence-corrected chi connectivity index (χ0v) is 11.6. The molecular weight excluding hydrogens is 244 g/mol. The lowest BCUT2D eigenvalue weighted by Crippen LogP contribution is -2.36. The number of rotatable bonds is 5. The van der Waals surface area contributed by atoms with Crippen LogP contribution in [0.25, 0.3) is 0 Å². The summed E-state index contributed by atoms with van der Waals surface area (Å²) >= 11 is 0. The smallest absolute Gasteiger partial charge is 0.268 e. The highest BCUT2D eigenvalue weighted by molar-refractivity contribution is 5.93. The van der Waals surface area contributed by atoms with Gasteiger partial charge in [0, 0.05) is 12.6 Å². The van der Waals surface area contributed by atoms with E-state index in [1.54, 1.807) is 6.07 Å². The Morgan fingerprint density at radius 3 is 3.11 bits per heavy atom. The summed E-state index contributed by atoms with van der Waals surface area (Å²) in [4.78, 5) is 15.9. The summed E-state index contributed by atoms with van der Waals surface area (Å²) in [6.45, 7) is 2.89. The molecule has 3 N–H and O–H groups in total. The van der Waals surface area contributed by atoms with E-state index in [0.717, 1.165) is 12.3 Å². The van der Waals surface area contributed by atoms with E-state index in [-0.39, 0.29) is 5.91 Å². The van der Waals surface area contributed by atoms with Crippen molar-refractivity contribution in [2.45, 2.75) is 25.4 Å². The third-order valence-electron chi connectivity index (χ3n) is 3.67. The number of nitrogens with one attached hydrogen (secondary N) is 1. The number of hydrazine groups is 1. The minimum atomic E-state index is -0.326. The van der Waals surface area contributed by atoms with E-state index < -0.39 is 0 Å². The number of amides is 1. The first-order chi connectivity index (χ1) is 9.10. The molecule has 0 aliphatic carbocycles. The van der Waals surface area contributed by atoms with Crippen LogP contribution in [0.1, 0.15) is 29.0 Å². The monoisotopic (exact) mass is 266 g/mol. The summed E-state index contributed by atoms with van der Waals surface area (Å²) in [7, 11) is 4.24. The molecule has 6 heteroatoms. The van der Waals surface area contributed by atoms with E-state index in [0.29, 0.717) is 18.2 Å². The normalized spacial score (nSPS) is 20.1. The molecule has 0 saturated carbocycles. The number of hydrogen-bond donors (Lipinski definition) is 2. The van der Waals surface area contributed by atoms with Crippen molar-refractivity contribution in [1.29, 1.82) is 0 Å². The maximum absolute atomic E-state index is 11.3. The molecule has 1 saturated heterocycles. The van der Waals surface area contributed by atoms with E-state index in [4.69, 9.17) is 10.3 Å². The van der Waals surface area contributed by atoms with Crippen LogP contribution in [0, 0.1) is 0 Å². The molecule has 1 fully saturated rings. The van der Waals surface area contributed by atoms with Gasteiger partial charge in [-0.15, -0.1) is 0 Å². The van der Waals surface area contributed by atoms with Crippen LogP contribution in [0.4, 0.5) is 0 Å². The lowest BCUT2D eigenvalue weighted by atomic mass is 10.2. The SMILES string of the molecule is CN(Cc1cc(C(=O)NN)co1)CC1CCCN1C. The zero-order valence-electron chi connectivity index (χ0n) is 11.6. The van der Waals surface area contributed by atoms with Gasteiger partial charge in [-0.3, -0.25) is 15.1 Å². The molecule has 1 atom stereocenters. The van der Waals surface area contributed by atoms with Gasteiger partial charge in [-0.25, -0.2) is 5.84 Å². The predicted octanol–water partition coefficient (Wildman–Crippen LogP) is 0.409. The van der Waals surface area contributed by atoms with Crippen molar-refractivity contribution in [3.63, 3.8) is 0 Å². The maximum atomic E-state index is 11.3. The van der Waals surface area contributed by atoms with Gasteiger partial charge in [-0.1, -0.05) is 0 Å². The molecule has 106 valence electrons. The molecule has 0 spiro atoms. The second-order valence-electron chi connectivity index (χ2n) is 5.25. The average molecular weight is 266 g/mol. The second kappa shape index (κ2) is 6.18. The summed E-state index contributed by atoms with van der Waals surface area (Å²) in [5, 5.41) is 0. The van der Waals surface area contributed by atoms with Gasteiger partial charge in [-0.05, 0) is 39.5 Å². The first-order valence-corrected chi connectivity index (χ1v) is 6.57. The molecule has 1 unspecified atom stereocenters. The molecule has 0 aromatic carbocycles. The summed E-state index contributed by atoms with van der Waals surface area (Å²) in [6, 6.07) is 2.35. The molecular formula is C13H22N4O2. The Hall–Kier alpha value is -1.37. The van der Waals surface area contributed by atoms with E-state index in [1.807, 2.05) is 0 Å². The number of nitrogens with two attached hydrogens (primary N) is 1. The molecule has 6 nitrogen and oxygen atoms in total. The van der Waals surface area contributed by atoms with Crippen LogP contribution in [-0.2, 0) is 6.54 Å². The summed E-state index contributed by atoms with van der Waals surface area (Å²) in [5.41, 5.74) is 2.56. The number of nitrogen functional groups attached to an aromatic ring is 1. The Labute approximate surface area is 113 Å². The molecule has 1 aliphatic heterocycles. The zero-order chi connectivity index (χ0) is 13.8. The molecule has 0 radical (unpaired) electrons. The van der Waals surface area contributed by atoms with Crippen LogP contribution >= 0.6 is 0 Å². The van der Waals surface area contributed by atoms with Crippen LogP contribution in [0.3, 0.4) is 0 Å². The minimum absolute atomic E-state index is 0.326. The van der Waals surface area contributed by atoms with Crippen molar-refractivity contribution in [3.8, 4) is 0 Å².